The van der Waals surface area contributed by atoms with E-state index in [-0.39, 0.29) is 12.0 Å². The van der Waals surface area contributed by atoms with E-state index in [0.29, 0.717) is 0 Å². The van der Waals surface area contributed by atoms with Gasteiger partial charge in [-0.1, -0.05) is 48.5 Å². The van der Waals surface area contributed by atoms with Crippen LogP contribution < -0.4 is 4.90 Å². The number of para-hydroxylation sites is 1. The number of nitriles is 1. The Morgan fingerprint density at radius 3 is 2.52 bits per heavy atom. The predicted molar refractivity (Wildman–Crippen MR) is 112 cm³/mol. The molecule has 0 radical (unpaired) electrons. The van der Waals surface area contributed by atoms with Crippen molar-refractivity contribution < 1.29 is 0 Å². The van der Waals surface area contributed by atoms with E-state index in [9.17, 15) is 5.26 Å². The number of fused-ring (bicyclic) bond motifs is 1. The molecule has 0 bridgehead atoms. The topological polar surface area (TPSA) is 70.6 Å². The molecule has 4 aromatic rings. The van der Waals surface area contributed by atoms with E-state index < -0.39 is 0 Å². The van der Waals surface area contributed by atoms with Gasteiger partial charge in [0.2, 0.25) is 0 Å². The average molecular weight is 380 g/mol. The summed E-state index contributed by atoms with van der Waals surface area (Å²) in [5.41, 5.74) is 2.79. The summed E-state index contributed by atoms with van der Waals surface area (Å²) in [4.78, 5) is 11.4. The van der Waals surface area contributed by atoms with Gasteiger partial charge in [-0.25, -0.2) is 14.6 Å². The molecule has 0 spiro atoms. The van der Waals surface area contributed by atoms with Crippen LogP contribution in [0.4, 0.5) is 5.82 Å². The van der Waals surface area contributed by atoms with Crippen molar-refractivity contribution in [1.29, 1.82) is 5.26 Å². The quantitative estimate of drug-likeness (QED) is 0.533. The normalized spacial score (nSPS) is 17.3. The van der Waals surface area contributed by atoms with E-state index in [0.717, 1.165) is 47.5 Å². The fourth-order valence-corrected chi connectivity index (χ4v) is 4.26. The van der Waals surface area contributed by atoms with Crippen molar-refractivity contribution >= 4 is 16.9 Å². The molecule has 0 amide bonds. The summed E-state index contributed by atoms with van der Waals surface area (Å²) < 4.78 is 1.84. The molecule has 3 heterocycles. The lowest BCUT2D eigenvalue weighted by Gasteiger charge is -2.29. The maximum atomic E-state index is 9.94. The Kier molecular flexibility index (Phi) is 4.41. The number of hydrogen-bond acceptors (Lipinski definition) is 5. The molecule has 1 fully saturated rings. The lowest BCUT2D eigenvalue weighted by molar-refractivity contribution is 0.608. The summed E-state index contributed by atoms with van der Waals surface area (Å²) >= 11 is 0. The van der Waals surface area contributed by atoms with Crippen LogP contribution in [0.25, 0.3) is 16.7 Å². The van der Waals surface area contributed by atoms with Crippen LogP contribution in [0.5, 0.6) is 0 Å². The molecule has 5 rings (SSSR count). The van der Waals surface area contributed by atoms with Gasteiger partial charge >= 0.3 is 0 Å². The second kappa shape index (κ2) is 7.36. The first-order valence-corrected chi connectivity index (χ1v) is 9.82. The standard InChI is InChI=1S/C23H20N6/c24-14-19(17-8-3-1-4-9-17)21-12-7-13-28(21)22-20-15-27-29(23(20)26-16-25-22)18-10-5-2-6-11-18/h1-6,8-11,15-16,19,21H,7,12-13H2. The summed E-state index contributed by atoms with van der Waals surface area (Å²) in [7, 11) is 0. The smallest absolute Gasteiger partial charge is 0.168 e. The number of anilines is 1. The molecule has 0 saturated carbocycles. The first-order valence-electron chi connectivity index (χ1n) is 9.82. The Labute approximate surface area is 169 Å². The third kappa shape index (κ3) is 3.01. The number of rotatable bonds is 4. The Morgan fingerprint density at radius 1 is 1.00 bits per heavy atom. The second-order valence-electron chi connectivity index (χ2n) is 7.25. The minimum atomic E-state index is -0.201. The largest absolute Gasteiger partial charge is 0.351 e. The van der Waals surface area contributed by atoms with E-state index >= 15 is 0 Å². The van der Waals surface area contributed by atoms with Gasteiger partial charge in [0.15, 0.2) is 5.65 Å². The van der Waals surface area contributed by atoms with Crippen LogP contribution in [0.1, 0.15) is 24.3 Å². The lowest BCUT2D eigenvalue weighted by Crippen LogP contribution is -2.34. The minimum absolute atomic E-state index is 0.0839. The monoisotopic (exact) mass is 380 g/mol. The third-order valence-corrected chi connectivity index (χ3v) is 5.60. The third-order valence-electron chi connectivity index (χ3n) is 5.60. The predicted octanol–water partition coefficient (Wildman–Crippen LogP) is 4.09. The lowest BCUT2D eigenvalue weighted by atomic mass is 9.91. The Hall–Kier alpha value is -3.72. The van der Waals surface area contributed by atoms with Gasteiger partial charge in [-0.2, -0.15) is 10.4 Å². The van der Waals surface area contributed by atoms with Gasteiger partial charge in [-0.15, -0.1) is 0 Å². The number of hydrogen-bond donors (Lipinski definition) is 0. The molecular weight excluding hydrogens is 360 g/mol. The minimum Gasteiger partial charge on any atom is -0.351 e. The first kappa shape index (κ1) is 17.4. The summed E-state index contributed by atoms with van der Waals surface area (Å²) in [5.74, 6) is 0.656. The van der Waals surface area contributed by atoms with Gasteiger partial charge in [0.05, 0.1) is 35.3 Å². The number of aromatic nitrogens is 4. The highest BCUT2D eigenvalue weighted by molar-refractivity contribution is 5.88. The van der Waals surface area contributed by atoms with Crippen LogP contribution in [0.2, 0.25) is 0 Å². The molecule has 2 unspecified atom stereocenters. The molecule has 1 saturated heterocycles. The van der Waals surface area contributed by atoms with Gasteiger partial charge in [-0.3, -0.25) is 0 Å². The summed E-state index contributed by atoms with van der Waals surface area (Å²) in [6.45, 7) is 0.873. The molecule has 6 nitrogen and oxygen atoms in total. The molecule has 2 aromatic carbocycles. The van der Waals surface area contributed by atoms with Crippen molar-refractivity contribution in [3.05, 3.63) is 78.8 Å². The molecule has 2 aromatic heterocycles. The number of nitrogens with zero attached hydrogens (tertiary/aromatic N) is 6. The van der Waals surface area contributed by atoms with Gasteiger partial charge in [0.1, 0.15) is 12.1 Å². The molecule has 0 aliphatic carbocycles. The second-order valence-corrected chi connectivity index (χ2v) is 7.25. The van der Waals surface area contributed by atoms with Crippen LogP contribution in [0.3, 0.4) is 0 Å². The zero-order valence-corrected chi connectivity index (χ0v) is 15.9. The van der Waals surface area contributed by atoms with E-state index in [1.165, 1.54) is 0 Å². The Bertz CT molecular complexity index is 1160. The zero-order chi connectivity index (χ0) is 19.6. The average Bonchev–Trinajstić information content (AvgIpc) is 3.43. The van der Waals surface area contributed by atoms with Crippen molar-refractivity contribution in [3.63, 3.8) is 0 Å². The van der Waals surface area contributed by atoms with Crippen LogP contribution in [0.15, 0.2) is 73.2 Å². The van der Waals surface area contributed by atoms with Crippen molar-refractivity contribution in [2.75, 3.05) is 11.4 Å². The summed E-state index contributed by atoms with van der Waals surface area (Å²) in [6, 6.07) is 22.6. The zero-order valence-electron chi connectivity index (χ0n) is 15.9. The van der Waals surface area contributed by atoms with Crippen molar-refractivity contribution in [3.8, 4) is 11.8 Å². The van der Waals surface area contributed by atoms with Crippen molar-refractivity contribution in [1.82, 2.24) is 19.7 Å². The fraction of sp³-hybridized carbons (Fsp3) is 0.217. The van der Waals surface area contributed by atoms with Crippen LogP contribution in [0, 0.1) is 11.3 Å². The molecule has 6 heteroatoms. The highest BCUT2D eigenvalue weighted by Crippen LogP contribution is 2.36. The van der Waals surface area contributed by atoms with E-state index in [2.05, 4.69) is 26.0 Å². The molecule has 29 heavy (non-hydrogen) atoms. The van der Waals surface area contributed by atoms with Gasteiger partial charge in [0.25, 0.3) is 0 Å². The molecule has 1 aliphatic rings. The molecule has 1 aliphatic heterocycles. The van der Waals surface area contributed by atoms with Crippen LogP contribution >= 0.6 is 0 Å². The molecule has 2 atom stereocenters. The van der Waals surface area contributed by atoms with E-state index in [1.807, 2.05) is 71.5 Å². The Balaban J connectivity index is 1.57. The van der Waals surface area contributed by atoms with E-state index in [1.54, 1.807) is 6.33 Å². The van der Waals surface area contributed by atoms with Gasteiger partial charge < -0.3 is 4.90 Å². The van der Waals surface area contributed by atoms with Gasteiger partial charge in [0, 0.05) is 6.54 Å². The Morgan fingerprint density at radius 2 is 1.76 bits per heavy atom. The molecule has 0 N–H and O–H groups in total. The highest BCUT2D eigenvalue weighted by atomic mass is 15.3. The SMILES string of the molecule is N#CC(c1ccccc1)C1CCCN1c1ncnc2c1cnn2-c1ccccc1. The summed E-state index contributed by atoms with van der Waals surface area (Å²) in [6.07, 6.45) is 5.43. The highest BCUT2D eigenvalue weighted by Gasteiger charge is 2.34. The van der Waals surface area contributed by atoms with Crippen LogP contribution in [-0.2, 0) is 0 Å². The molecule has 142 valence electrons. The fourth-order valence-electron chi connectivity index (χ4n) is 4.26. The van der Waals surface area contributed by atoms with Crippen LogP contribution in [-0.4, -0.2) is 32.3 Å². The van der Waals surface area contributed by atoms with E-state index in [4.69, 9.17) is 0 Å². The van der Waals surface area contributed by atoms with Crippen molar-refractivity contribution in [2.24, 2.45) is 0 Å². The molecular formula is C23H20N6. The first-order chi connectivity index (χ1) is 14.4. The maximum absolute atomic E-state index is 9.94. The van der Waals surface area contributed by atoms with Gasteiger partial charge in [-0.05, 0) is 30.5 Å². The summed E-state index contributed by atoms with van der Waals surface area (Å²) in [5, 5.41) is 15.4. The maximum Gasteiger partial charge on any atom is 0.168 e. The number of benzene rings is 2. The van der Waals surface area contributed by atoms with Crippen molar-refractivity contribution in [2.45, 2.75) is 24.8 Å².